The van der Waals surface area contributed by atoms with Crippen LogP contribution in [-0.2, 0) is 5.41 Å². The fourth-order valence-corrected chi connectivity index (χ4v) is 2.98. The molecule has 1 aliphatic rings. The van der Waals surface area contributed by atoms with Crippen LogP contribution >= 0.6 is 0 Å². The van der Waals surface area contributed by atoms with E-state index in [1.54, 1.807) is 7.11 Å². The summed E-state index contributed by atoms with van der Waals surface area (Å²) in [6, 6.07) is 4.32. The molecular weight excluding hydrogens is 212 g/mol. The van der Waals surface area contributed by atoms with E-state index in [-0.39, 0.29) is 11.5 Å². The van der Waals surface area contributed by atoms with Crippen molar-refractivity contribution < 1.29 is 9.84 Å². The van der Waals surface area contributed by atoms with Crippen LogP contribution < -0.4 is 4.74 Å². The molecule has 1 aromatic rings. The first-order valence-corrected chi connectivity index (χ1v) is 6.30. The Labute approximate surface area is 104 Å². The number of hydrogen-bond donors (Lipinski definition) is 1. The highest BCUT2D eigenvalue weighted by Gasteiger charge is 2.38. The molecule has 2 nitrogen and oxygen atoms in total. The maximum atomic E-state index is 9.77. The lowest BCUT2D eigenvalue weighted by Gasteiger charge is -2.28. The summed E-state index contributed by atoms with van der Waals surface area (Å²) in [6.45, 7) is 6.44. The first-order chi connectivity index (χ1) is 7.98. The molecule has 1 N–H and O–H groups in total. The van der Waals surface area contributed by atoms with E-state index in [4.69, 9.17) is 4.74 Å². The molecule has 0 saturated heterocycles. The Morgan fingerprint density at radius 2 is 2.06 bits per heavy atom. The maximum absolute atomic E-state index is 9.77. The third-order valence-corrected chi connectivity index (χ3v) is 4.25. The van der Waals surface area contributed by atoms with E-state index in [1.165, 1.54) is 16.7 Å². The van der Waals surface area contributed by atoms with Crippen LogP contribution in [0.15, 0.2) is 12.1 Å². The molecule has 2 unspecified atom stereocenters. The van der Waals surface area contributed by atoms with Crippen molar-refractivity contribution in [1.82, 2.24) is 0 Å². The van der Waals surface area contributed by atoms with Crippen molar-refractivity contribution in [3.05, 3.63) is 28.8 Å². The zero-order valence-electron chi connectivity index (χ0n) is 11.2. The topological polar surface area (TPSA) is 29.5 Å². The third kappa shape index (κ3) is 2.06. The van der Waals surface area contributed by atoms with Crippen LogP contribution in [0.3, 0.4) is 0 Å². The third-order valence-electron chi connectivity index (χ3n) is 4.25. The van der Waals surface area contributed by atoms with Crippen LogP contribution in [0, 0.1) is 13.8 Å². The lowest BCUT2D eigenvalue weighted by atomic mass is 9.79. The van der Waals surface area contributed by atoms with Gasteiger partial charge in [0.05, 0.1) is 13.2 Å². The molecular formula is C15H22O2. The Morgan fingerprint density at radius 3 is 2.59 bits per heavy atom. The lowest BCUT2D eigenvalue weighted by Crippen LogP contribution is -2.20. The van der Waals surface area contributed by atoms with Crippen LogP contribution in [-0.4, -0.2) is 18.3 Å². The molecule has 0 aromatic heterocycles. The number of hydrogen-bond acceptors (Lipinski definition) is 2. The fraction of sp³-hybridized carbons (Fsp3) is 0.600. The molecule has 0 bridgehead atoms. The van der Waals surface area contributed by atoms with Crippen molar-refractivity contribution in [3.8, 4) is 5.75 Å². The van der Waals surface area contributed by atoms with Crippen molar-refractivity contribution in [1.29, 1.82) is 0 Å². The molecule has 1 saturated carbocycles. The first-order valence-electron chi connectivity index (χ1n) is 6.30. The second kappa shape index (κ2) is 4.34. The van der Waals surface area contributed by atoms with Gasteiger partial charge in [-0.3, -0.25) is 0 Å². The normalized spacial score (nSPS) is 28.4. The van der Waals surface area contributed by atoms with Crippen molar-refractivity contribution in [2.75, 3.05) is 7.11 Å². The van der Waals surface area contributed by atoms with E-state index >= 15 is 0 Å². The predicted octanol–water partition coefficient (Wildman–Crippen LogP) is 3.11. The Balaban J connectivity index is 2.49. The minimum absolute atomic E-state index is 0.0587. The van der Waals surface area contributed by atoms with Gasteiger partial charge in [0.1, 0.15) is 5.75 Å². The molecule has 1 aromatic carbocycles. The Kier molecular flexibility index (Phi) is 3.17. The van der Waals surface area contributed by atoms with Crippen LogP contribution in [0.4, 0.5) is 0 Å². The van der Waals surface area contributed by atoms with Crippen LogP contribution in [0.25, 0.3) is 0 Å². The van der Waals surface area contributed by atoms with Crippen molar-refractivity contribution in [2.45, 2.75) is 51.6 Å². The molecule has 1 aliphatic carbocycles. The van der Waals surface area contributed by atoms with Gasteiger partial charge in [-0.05, 0) is 49.7 Å². The zero-order valence-corrected chi connectivity index (χ0v) is 11.2. The second-order valence-corrected chi connectivity index (χ2v) is 5.55. The van der Waals surface area contributed by atoms with Gasteiger partial charge >= 0.3 is 0 Å². The standard InChI is InChI=1S/C15H22O2/c1-10-5-6-13(14(17-4)11(10)2)15(3)8-7-12(16)9-15/h5-6,12,16H,7-9H2,1-4H3. The van der Waals surface area contributed by atoms with Gasteiger partial charge in [0.2, 0.25) is 0 Å². The van der Waals surface area contributed by atoms with Gasteiger partial charge in [-0.15, -0.1) is 0 Å². The predicted molar refractivity (Wildman–Crippen MR) is 69.7 cm³/mol. The number of rotatable bonds is 2. The summed E-state index contributed by atoms with van der Waals surface area (Å²) in [4.78, 5) is 0. The average Bonchev–Trinajstić information content (AvgIpc) is 2.63. The molecule has 0 radical (unpaired) electrons. The number of methoxy groups -OCH3 is 1. The quantitative estimate of drug-likeness (QED) is 0.852. The number of benzene rings is 1. The largest absolute Gasteiger partial charge is 0.496 e. The van der Waals surface area contributed by atoms with Crippen LogP contribution in [0.2, 0.25) is 0 Å². The number of aliphatic hydroxyl groups excluding tert-OH is 1. The van der Waals surface area contributed by atoms with Crippen LogP contribution in [0.5, 0.6) is 5.75 Å². The number of aliphatic hydroxyl groups is 1. The molecule has 0 heterocycles. The summed E-state index contributed by atoms with van der Waals surface area (Å²) in [5, 5.41) is 9.77. The van der Waals surface area contributed by atoms with E-state index < -0.39 is 0 Å². The Hall–Kier alpha value is -1.02. The van der Waals surface area contributed by atoms with Gasteiger partial charge in [0.25, 0.3) is 0 Å². The van der Waals surface area contributed by atoms with Gasteiger partial charge in [-0.2, -0.15) is 0 Å². The monoisotopic (exact) mass is 234 g/mol. The van der Waals surface area contributed by atoms with E-state index in [2.05, 4.69) is 32.9 Å². The number of ether oxygens (including phenoxy) is 1. The highest BCUT2D eigenvalue weighted by atomic mass is 16.5. The van der Waals surface area contributed by atoms with Crippen molar-refractivity contribution in [3.63, 3.8) is 0 Å². The van der Waals surface area contributed by atoms with Gasteiger partial charge in [0.15, 0.2) is 0 Å². The molecule has 17 heavy (non-hydrogen) atoms. The molecule has 94 valence electrons. The fourth-order valence-electron chi connectivity index (χ4n) is 2.98. The molecule has 0 aliphatic heterocycles. The maximum Gasteiger partial charge on any atom is 0.125 e. The summed E-state index contributed by atoms with van der Waals surface area (Å²) < 4.78 is 5.59. The minimum atomic E-state index is -0.161. The summed E-state index contributed by atoms with van der Waals surface area (Å²) in [5.74, 6) is 1.00. The van der Waals surface area contributed by atoms with Gasteiger partial charge in [-0.25, -0.2) is 0 Å². The number of aryl methyl sites for hydroxylation is 1. The van der Waals surface area contributed by atoms with E-state index in [0.29, 0.717) is 0 Å². The summed E-state index contributed by atoms with van der Waals surface area (Å²) in [6.07, 6.45) is 2.61. The van der Waals surface area contributed by atoms with E-state index in [1.807, 2.05) is 0 Å². The van der Waals surface area contributed by atoms with Gasteiger partial charge in [0, 0.05) is 5.56 Å². The van der Waals surface area contributed by atoms with Crippen molar-refractivity contribution in [2.24, 2.45) is 0 Å². The van der Waals surface area contributed by atoms with Gasteiger partial charge in [-0.1, -0.05) is 19.1 Å². The smallest absolute Gasteiger partial charge is 0.125 e. The van der Waals surface area contributed by atoms with Gasteiger partial charge < -0.3 is 9.84 Å². The summed E-state index contributed by atoms with van der Waals surface area (Å²) >= 11 is 0. The van der Waals surface area contributed by atoms with Crippen molar-refractivity contribution >= 4 is 0 Å². The Morgan fingerprint density at radius 1 is 1.35 bits per heavy atom. The SMILES string of the molecule is COc1c(C2(C)CCC(O)C2)ccc(C)c1C. The molecule has 2 atom stereocenters. The molecule has 2 heteroatoms. The summed E-state index contributed by atoms with van der Waals surface area (Å²) in [7, 11) is 1.74. The van der Waals surface area contributed by atoms with E-state index in [9.17, 15) is 5.11 Å². The molecule has 0 spiro atoms. The molecule has 0 amide bonds. The zero-order chi connectivity index (χ0) is 12.6. The first kappa shape index (κ1) is 12.4. The van der Waals surface area contributed by atoms with Crippen LogP contribution in [0.1, 0.15) is 42.9 Å². The molecule has 2 rings (SSSR count). The Bertz CT molecular complexity index is 425. The highest BCUT2D eigenvalue weighted by molar-refractivity contribution is 5.49. The molecule has 1 fully saturated rings. The highest BCUT2D eigenvalue weighted by Crippen LogP contribution is 2.45. The second-order valence-electron chi connectivity index (χ2n) is 5.55. The minimum Gasteiger partial charge on any atom is -0.496 e. The van der Waals surface area contributed by atoms with E-state index in [0.717, 1.165) is 25.0 Å². The summed E-state index contributed by atoms with van der Waals surface area (Å²) in [5.41, 5.74) is 3.78. The average molecular weight is 234 g/mol. The lowest BCUT2D eigenvalue weighted by molar-refractivity contribution is 0.175.